The van der Waals surface area contributed by atoms with Gasteiger partial charge in [-0.3, -0.25) is 4.79 Å². The van der Waals surface area contributed by atoms with Gasteiger partial charge in [0.2, 0.25) is 0 Å². The predicted octanol–water partition coefficient (Wildman–Crippen LogP) is 3.30. The monoisotopic (exact) mass is 319 g/mol. The molecule has 0 aliphatic rings. The van der Waals surface area contributed by atoms with E-state index in [0.29, 0.717) is 6.54 Å². The summed E-state index contributed by atoms with van der Waals surface area (Å²) in [4.78, 5) is 12.0. The molecule has 0 saturated heterocycles. The predicted molar refractivity (Wildman–Crippen MR) is 95.3 cm³/mol. The molecule has 0 bridgehead atoms. The van der Waals surface area contributed by atoms with Crippen LogP contribution < -0.4 is 5.43 Å². The van der Waals surface area contributed by atoms with Gasteiger partial charge in [0.25, 0.3) is 5.91 Å². The fourth-order valence-electron chi connectivity index (χ4n) is 2.55. The van der Waals surface area contributed by atoms with Crippen molar-refractivity contribution < 1.29 is 9.90 Å². The fourth-order valence-corrected chi connectivity index (χ4v) is 2.55. The van der Waals surface area contributed by atoms with Crippen LogP contribution in [-0.4, -0.2) is 21.8 Å². The Kier molecular flexibility index (Phi) is 4.43. The summed E-state index contributed by atoms with van der Waals surface area (Å²) in [5, 5.41) is 14.7. The van der Waals surface area contributed by atoms with Gasteiger partial charge in [0, 0.05) is 29.2 Å². The van der Waals surface area contributed by atoms with Crippen molar-refractivity contribution in [2.24, 2.45) is 5.10 Å². The van der Waals surface area contributed by atoms with Gasteiger partial charge in [-0.15, -0.1) is 6.58 Å². The summed E-state index contributed by atoms with van der Waals surface area (Å²) in [5.74, 6) is -0.535. The molecule has 2 N–H and O–H groups in total. The number of aromatic nitrogens is 1. The normalized spacial score (nSPS) is 11.0. The van der Waals surface area contributed by atoms with E-state index < -0.39 is 5.91 Å². The summed E-state index contributed by atoms with van der Waals surface area (Å²) >= 11 is 0. The van der Waals surface area contributed by atoms with Crippen LogP contribution in [0.4, 0.5) is 0 Å². The standard InChI is InChI=1S/C19H17N3O2/c1-2-11-22-13-14(15-7-3-5-9-17(15)22)12-20-21-19(24)16-8-4-6-10-18(16)23/h2-10,12-13,23H,1,11H2,(H,21,24)/b20-12-. The number of hydrazone groups is 1. The molecule has 1 amide bonds. The highest BCUT2D eigenvalue weighted by atomic mass is 16.3. The SMILES string of the molecule is C=CCn1cc(/C=N\NC(=O)c2ccccc2O)c2ccccc21. The number of rotatable bonds is 5. The van der Waals surface area contributed by atoms with E-state index in [1.54, 1.807) is 18.3 Å². The van der Waals surface area contributed by atoms with Gasteiger partial charge in [0.15, 0.2) is 0 Å². The molecule has 1 heterocycles. The van der Waals surface area contributed by atoms with Crippen LogP contribution in [0.2, 0.25) is 0 Å². The van der Waals surface area contributed by atoms with E-state index >= 15 is 0 Å². The van der Waals surface area contributed by atoms with E-state index in [1.807, 2.05) is 36.5 Å². The van der Waals surface area contributed by atoms with Gasteiger partial charge in [-0.05, 0) is 18.2 Å². The third-order valence-corrected chi connectivity index (χ3v) is 3.66. The number of para-hydroxylation sites is 2. The van der Waals surface area contributed by atoms with Crippen LogP contribution in [0.15, 0.2) is 72.5 Å². The molecular formula is C19H17N3O2. The number of amides is 1. The Hall–Kier alpha value is -3.34. The summed E-state index contributed by atoms with van der Waals surface area (Å²) in [6.07, 6.45) is 5.38. The molecule has 0 aliphatic carbocycles. The molecule has 0 fully saturated rings. The zero-order chi connectivity index (χ0) is 16.9. The number of nitrogens with one attached hydrogen (secondary N) is 1. The van der Waals surface area contributed by atoms with Crippen molar-refractivity contribution >= 4 is 23.0 Å². The average Bonchev–Trinajstić information content (AvgIpc) is 2.94. The largest absolute Gasteiger partial charge is 0.507 e. The Morgan fingerprint density at radius 3 is 2.75 bits per heavy atom. The zero-order valence-electron chi connectivity index (χ0n) is 13.0. The fraction of sp³-hybridized carbons (Fsp3) is 0.0526. The van der Waals surface area contributed by atoms with Crippen molar-refractivity contribution in [2.45, 2.75) is 6.54 Å². The molecule has 2 aromatic carbocycles. The molecule has 0 aliphatic heterocycles. The van der Waals surface area contributed by atoms with Crippen molar-refractivity contribution in [3.8, 4) is 5.75 Å². The van der Waals surface area contributed by atoms with Gasteiger partial charge >= 0.3 is 0 Å². The van der Waals surface area contributed by atoms with Gasteiger partial charge in [-0.2, -0.15) is 5.10 Å². The second-order valence-corrected chi connectivity index (χ2v) is 5.26. The maximum atomic E-state index is 12.0. The Labute approximate surface area is 139 Å². The summed E-state index contributed by atoms with van der Waals surface area (Å²) in [6, 6.07) is 14.3. The first-order valence-electron chi connectivity index (χ1n) is 7.51. The van der Waals surface area contributed by atoms with Gasteiger partial charge in [-0.25, -0.2) is 5.43 Å². The number of hydrogen-bond acceptors (Lipinski definition) is 3. The lowest BCUT2D eigenvalue weighted by Gasteiger charge is -2.01. The van der Waals surface area contributed by atoms with E-state index in [2.05, 4.69) is 21.7 Å². The number of aromatic hydroxyl groups is 1. The highest BCUT2D eigenvalue weighted by Gasteiger charge is 2.09. The number of fused-ring (bicyclic) bond motifs is 1. The highest BCUT2D eigenvalue weighted by molar-refractivity contribution is 6.01. The van der Waals surface area contributed by atoms with Gasteiger partial charge in [0.05, 0.1) is 11.8 Å². The van der Waals surface area contributed by atoms with E-state index in [4.69, 9.17) is 0 Å². The molecule has 0 radical (unpaired) electrons. The minimum atomic E-state index is -0.459. The summed E-state index contributed by atoms with van der Waals surface area (Å²) in [6.45, 7) is 4.46. The smallest absolute Gasteiger partial charge is 0.275 e. The number of nitrogens with zero attached hydrogens (tertiary/aromatic N) is 2. The summed E-state index contributed by atoms with van der Waals surface area (Å²) in [7, 11) is 0. The number of allylic oxidation sites excluding steroid dienone is 1. The maximum Gasteiger partial charge on any atom is 0.275 e. The quantitative estimate of drug-likeness (QED) is 0.430. The van der Waals surface area contributed by atoms with E-state index in [0.717, 1.165) is 16.5 Å². The minimum absolute atomic E-state index is 0.0761. The summed E-state index contributed by atoms with van der Waals surface area (Å²) < 4.78 is 2.06. The highest BCUT2D eigenvalue weighted by Crippen LogP contribution is 2.20. The van der Waals surface area contributed by atoms with Crippen molar-refractivity contribution in [3.63, 3.8) is 0 Å². The number of carbonyl (C=O) groups excluding carboxylic acids is 1. The molecule has 120 valence electrons. The van der Waals surface area contributed by atoms with Crippen LogP contribution in [0, 0.1) is 0 Å². The van der Waals surface area contributed by atoms with E-state index in [1.165, 1.54) is 12.1 Å². The Balaban J connectivity index is 1.82. The number of hydrogen-bond donors (Lipinski definition) is 2. The molecule has 0 spiro atoms. The number of phenolic OH excluding ortho intramolecular Hbond substituents is 1. The molecule has 3 aromatic rings. The lowest BCUT2D eigenvalue weighted by molar-refractivity contribution is 0.0952. The molecule has 0 atom stereocenters. The first kappa shape index (κ1) is 15.6. The molecule has 5 nitrogen and oxygen atoms in total. The third kappa shape index (κ3) is 3.05. The Bertz CT molecular complexity index is 925. The van der Waals surface area contributed by atoms with Gasteiger partial charge < -0.3 is 9.67 Å². The van der Waals surface area contributed by atoms with Gasteiger partial charge in [0.1, 0.15) is 5.75 Å². The molecular weight excluding hydrogens is 302 g/mol. The minimum Gasteiger partial charge on any atom is -0.507 e. The molecule has 3 rings (SSSR count). The molecule has 0 unspecified atom stereocenters. The van der Waals surface area contributed by atoms with Gasteiger partial charge in [-0.1, -0.05) is 36.4 Å². The van der Waals surface area contributed by atoms with E-state index in [9.17, 15) is 9.90 Å². The topological polar surface area (TPSA) is 66.6 Å². The first-order valence-corrected chi connectivity index (χ1v) is 7.51. The average molecular weight is 319 g/mol. The van der Waals surface area contributed by atoms with Crippen molar-refractivity contribution in [2.75, 3.05) is 0 Å². The lowest BCUT2D eigenvalue weighted by atomic mass is 10.2. The van der Waals surface area contributed by atoms with Crippen LogP contribution in [0.1, 0.15) is 15.9 Å². The zero-order valence-corrected chi connectivity index (χ0v) is 13.0. The molecule has 0 saturated carbocycles. The Morgan fingerprint density at radius 2 is 1.96 bits per heavy atom. The second kappa shape index (κ2) is 6.83. The third-order valence-electron chi connectivity index (χ3n) is 3.66. The molecule has 24 heavy (non-hydrogen) atoms. The van der Waals surface area contributed by atoms with Crippen molar-refractivity contribution in [3.05, 3.63) is 78.5 Å². The Morgan fingerprint density at radius 1 is 1.21 bits per heavy atom. The lowest BCUT2D eigenvalue weighted by Crippen LogP contribution is -2.17. The molecule has 5 heteroatoms. The van der Waals surface area contributed by atoms with Crippen LogP contribution in [0.5, 0.6) is 5.75 Å². The number of carbonyl (C=O) groups is 1. The maximum absolute atomic E-state index is 12.0. The number of benzene rings is 2. The second-order valence-electron chi connectivity index (χ2n) is 5.26. The van der Waals surface area contributed by atoms with Crippen molar-refractivity contribution in [1.29, 1.82) is 0 Å². The van der Waals surface area contributed by atoms with Crippen LogP contribution >= 0.6 is 0 Å². The number of phenols is 1. The first-order chi connectivity index (χ1) is 11.7. The van der Waals surface area contributed by atoms with E-state index in [-0.39, 0.29) is 11.3 Å². The van der Waals surface area contributed by atoms with Crippen LogP contribution in [-0.2, 0) is 6.54 Å². The molecule has 1 aromatic heterocycles. The van der Waals surface area contributed by atoms with Crippen LogP contribution in [0.3, 0.4) is 0 Å². The van der Waals surface area contributed by atoms with Crippen LogP contribution in [0.25, 0.3) is 10.9 Å². The van der Waals surface area contributed by atoms with Crippen molar-refractivity contribution in [1.82, 2.24) is 9.99 Å². The summed E-state index contributed by atoms with van der Waals surface area (Å²) in [5.41, 5.74) is 4.59.